The Bertz CT molecular complexity index is 474. The van der Waals surface area contributed by atoms with Crippen LogP contribution in [0.1, 0.15) is 33.1 Å². The van der Waals surface area contributed by atoms with E-state index in [-0.39, 0.29) is 16.0 Å². The number of anilines is 1. The van der Waals surface area contributed by atoms with Crippen molar-refractivity contribution < 1.29 is 4.92 Å². The number of hydrogen-bond acceptors (Lipinski definition) is 3. The van der Waals surface area contributed by atoms with E-state index in [1.807, 2.05) is 0 Å². The summed E-state index contributed by atoms with van der Waals surface area (Å²) in [5, 5.41) is 14.2. The van der Waals surface area contributed by atoms with Gasteiger partial charge in [-0.1, -0.05) is 20.3 Å². The fourth-order valence-corrected chi connectivity index (χ4v) is 2.88. The maximum atomic E-state index is 10.8. The lowest BCUT2D eigenvalue weighted by Gasteiger charge is -2.29. The lowest BCUT2D eigenvalue weighted by Crippen LogP contribution is -2.30. The van der Waals surface area contributed by atoms with Crippen LogP contribution in [0.3, 0.4) is 0 Å². The predicted octanol–water partition coefficient (Wildman–Crippen LogP) is 4.35. The minimum absolute atomic E-state index is 0.122. The van der Waals surface area contributed by atoms with E-state index >= 15 is 0 Å². The molecule has 1 fully saturated rings. The zero-order valence-electron chi connectivity index (χ0n) is 10.6. The second-order valence-corrected chi connectivity index (χ2v) is 6.35. The third-order valence-electron chi connectivity index (χ3n) is 3.75. The summed E-state index contributed by atoms with van der Waals surface area (Å²) in [4.78, 5) is 10.4. The lowest BCUT2D eigenvalue weighted by molar-refractivity contribution is -0.384. The first-order valence-electron chi connectivity index (χ1n) is 6.10. The molecular formula is C13H17BrN2O2. The minimum Gasteiger partial charge on any atom is -0.381 e. The molecule has 1 atom stereocenters. The zero-order chi connectivity index (χ0) is 13.3. The molecule has 98 valence electrons. The normalized spacial score (nSPS) is 21.8. The molecule has 1 aromatic carbocycles. The molecule has 1 N–H and O–H groups in total. The molecule has 0 radical (unpaired) electrons. The van der Waals surface area contributed by atoms with Gasteiger partial charge in [-0.15, -0.1) is 0 Å². The van der Waals surface area contributed by atoms with Crippen molar-refractivity contribution in [3.63, 3.8) is 0 Å². The Balaban J connectivity index is 2.23. The summed E-state index contributed by atoms with van der Waals surface area (Å²) in [5.74, 6) is 0. The van der Waals surface area contributed by atoms with Crippen molar-refractivity contribution in [2.75, 3.05) is 5.32 Å². The highest BCUT2D eigenvalue weighted by Crippen LogP contribution is 2.40. The van der Waals surface area contributed by atoms with Gasteiger partial charge in [-0.05, 0) is 40.3 Å². The number of halogens is 1. The standard InChI is InChI=1S/C13H17BrN2O2/c1-13(2)7-3-4-12(13)15-11-8-9(16(17)18)5-6-10(11)14/h5-6,8,12,15H,3-4,7H2,1-2H3. The number of nitro benzene ring substituents is 1. The Morgan fingerprint density at radius 1 is 1.50 bits per heavy atom. The van der Waals surface area contributed by atoms with Gasteiger partial charge in [0.2, 0.25) is 0 Å². The summed E-state index contributed by atoms with van der Waals surface area (Å²) in [6.45, 7) is 4.48. The molecule has 0 bridgehead atoms. The van der Waals surface area contributed by atoms with Gasteiger partial charge >= 0.3 is 0 Å². The monoisotopic (exact) mass is 312 g/mol. The molecule has 1 aliphatic carbocycles. The van der Waals surface area contributed by atoms with Gasteiger partial charge in [0.1, 0.15) is 0 Å². The van der Waals surface area contributed by atoms with Crippen LogP contribution in [0, 0.1) is 15.5 Å². The number of hydrogen-bond donors (Lipinski definition) is 1. The second kappa shape index (κ2) is 4.88. The Morgan fingerprint density at radius 3 is 2.78 bits per heavy atom. The second-order valence-electron chi connectivity index (χ2n) is 5.50. The fourth-order valence-electron chi connectivity index (χ4n) is 2.52. The summed E-state index contributed by atoms with van der Waals surface area (Å²) in [7, 11) is 0. The average Bonchev–Trinajstić information content (AvgIpc) is 2.61. The van der Waals surface area contributed by atoms with Gasteiger partial charge in [0.15, 0.2) is 0 Å². The molecular weight excluding hydrogens is 296 g/mol. The summed E-state index contributed by atoms with van der Waals surface area (Å²) >= 11 is 3.44. The Hall–Kier alpha value is -1.10. The molecule has 2 rings (SSSR count). The third-order valence-corrected chi connectivity index (χ3v) is 4.44. The van der Waals surface area contributed by atoms with E-state index in [0.29, 0.717) is 6.04 Å². The van der Waals surface area contributed by atoms with Crippen LogP contribution < -0.4 is 5.32 Å². The van der Waals surface area contributed by atoms with Crippen molar-refractivity contribution in [1.82, 2.24) is 0 Å². The first-order valence-corrected chi connectivity index (χ1v) is 6.90. The van der Waals surface area contributed by atoms with Crippen LogP contribution in [0.15, 0.2) is 22.7 Å². The number of rotatable bonds is 3. The molecule has 18 heavy (non-hydrogen) atoms. The minimum atomic E-state index is -0.364. The van der Waals surface area contributed by atoms with Crippen LogP contribution in [0.5, 0.6) is 0 Å². The first-order chi connectivity index (χ1) is 8.40. The predicted molar refractivity (Wildman–Crippen MR) is 75.8 cm³/mol. The van der Waals surface area contributed by atoms with Crippen molar-refractivity contribution in [2.45, 2.75) is 39.2 Å². The molecule has 0 saturated heterocycles. The highest BCUT2D eigenvalue weighted by atomic mass is 79.9. The molecule has 5 heteroatoms. The van der Waals surface area contributed by atoms with E-state index in [2.05, 4.69) is 35.1 Å². The largest absolute Gasteiger partial charge is 0.381 e. The number of benzene rings is 1. The van der Waals surface area contributed by atoms with E-state index in [0.717, 1.165) is 16.6 Å². The average molecular weight is 313 g/mol. The molecule has 0 aromatic heterocycles. The van der Waals surface area contributed by atoms with Crippen LogP contribution in [-0.4, -0.2) is 11.0 Å². The molecule has 1 saturated carbocycles. The van der Waals surface area contributed by atoms with Crippen LogP contribution >= 0.6 is 15.9 Å². The molecule has 4 nitrogen and oxygen atoms in total. The molecule has 1 aromatic rings. The van der Waals surface area contributed by atoms with Gasteiger partial charge in [-0.2, -0.15) is 0 Å². The van der Waals surface area contributed by atoms with Crippen molar-refractivity contribution in [3.8, 4) is 0 Å². The molecule has 0 spiro atoms. The van der Waals surface area contributed by atoms with Gasteiger partial charge in [0.25, 0.3) is 5.69 Å². The quantitative estimate of drug-likeness (QED) is 0.667. The van der Waals surface area contributed by atoms with E-state index < -0.39 is 0 Å². The van der Waals surface area contributed by atoms with E-state index in [1.54, 1.807) is 12.1 Å². The van der Waals surface area contributed by atoms with Crippen molar-refractivity contribution in [3.05, 3.63) is 32.8 Å². The number of nitrogens with zero attached hydrogens (tertiary/aromatic N) is 1. The summed E-state index contributed by atoms with van der Waals surface area (Å²) < 4.78 is 0.871. The number of non-ortho nitro benzene ring substituents is 1. The maximum absolute atomic E-state index is 10.8. The highest BCUT2D eigenvalue weighted by Gasteiger charge is 2.34. The summed E-state index contributed by atoms with van der Waals surface area (Å²) in [6.07, 6.45) is 3.51. The highest BCUT2D eigenvalue weighted by molar-refractivity contribution is 9.10. The van der Waals surface area contributed by atoms with Crippen molar-refractivity contribution >= 4 is 27.3 Å². The summed E-state index contributed by atoms with van der Waals surface area (Å²) in [6, 6.07) is 5.20. The maximum Gasteiger partial charge on any atom is 0.271 e. The first kappa shape index (κ1) is 13.3. The topological polar surface area (TPSA) is 55.2 Å². The molecule has 0 aliphatic heterocycles. The molecule has 0 heterocycles. The van der Waals surface area contributed by atoms with Crippen LogP contribution in [0.25, 0.3) is 0 Å². The smallest absolute Gasteiger partial charge is 0.271 e. The summed E-state index contributed by atoms with van der Waals surface area (Å²) in [5.41, 5.74) is 1.17. The van der Waals surface area contributed by atoms with E-state index in [4.69, 9.17) is 0 Å². The van der Waals surface area contributed by atoms with Crippen molar-refractivity contribution in [2.24, 2.45) is 5.41 Å². The van der Waals surface area contributed by atoms with Crippen molar-refractivity contribution in [1.29, 1.82) is 0 Å². The zero-order valence-corrected chi connectivity index (χ0v) is 12.2. The lowest BCUT2D eigenvalue weighted by atomic mass is 9.87. The van der Waals surface area contributed by atoms with Gasteiger partial charge in [-0.3, -0.25) is 10.1 Å². The van der Waals surface area contributed by atoms with Crippen LogP contribution in [0.2, 0.25) is 0 Å². The van der Waals surface area contributed by atoms with Crippen LogP contribution in [0.4, 0.5) is 11.4 Å². The van der Waals surface area contributed by atoms with Gasteiger partial charge in [0.05, 0.1) is 10.6 Å². The molecule has 1 aliphatic rings. The Labute approximate surface area is 115 Å². The Kier molecular flexibility index (Phi) is 3.61. The molecule has 0 amide bonds. The fraction of sp³-hybridized carbons (Fsp3) is 0.538. The number of nitrogens with one attached hydrogen (secondary N) is 1. The number of nitro groups is 1. The Morgan fingerprint density at radius 2 is 2.22 bits per heavy atom. The molecule has 1 unspecified atom stereocenters. The third kappa shape index (κ3) is 2.66. The van der Waals surface area contributed by atoms with Gasteiger partial charge in [-0.25, -0.2) is 0 Å². The van der Waals surface area contributed by atoms with E-state index in [1.165, 1.54) is 18.9 Å². The van der Waals surface area contributed by atoms with Gasteiger partial charge < -0.3 is 5.32 Å². The van der Waals surface area contributed by atoms with Crippen LogP contribution in [-0.2, 0) is 0 Å². The van der Waals surface area contributed by atoms with Gasteiger partial charge in [0, 0.05) is 22.6 Å². The van der Waals surface area contributed by atoms with E-state index in [9.17, 15) is 10.1 Å². The SMILES string of the molecule is CC1(C)CCCC1Nc1cc([N+](=O)[O-])ccc1Br.